The van der Waals surface area contributed by atoms with Crippen LogP contribution in [-0.2, 0) is 22.5 Å². The molecule has 1 fully saturated rings. The average Bonchev–Trinajstić information content (AvgIpc) is 4.04. The third kappa shape index (κ3) is 6.66. The molecule has 0 radical (unpaired) electrons. The number of alkyl halides is 2. The van der Waals surface area contributed by atoms with Gasteiger partial charge in [0.05, 0.1) is 42.1 Å². The lowest BCUT2D eigenvalue weighted by Crippen LogP contribution is -2.27. The summed E-state index contributed by atoms with van der Waals surface area (Å²) in [5, 5.41) is 7.34. The van der Waals surface area contributed by atoms with E-state index in [4.69, 9.17) is 29.9 Å². The van der Waals surface area contributed by atoms with Gasteiger partial charge in [-0.2, -0.15) is 5.10 Å². The summed E-state index contributed by atoms with van der Waals surface area (Å²) in [5.41, 5.74) is 12.7. The number of rotatable bonds is 10. The highest BCUT2D eigenvalue weighted by Crippen LogP contribution is 2.37. The number of nitrogens with zero attached hydrogens (tertiary/aromatic N) is 6. The number of hydrogen-bond acceptors (Lipinski definition) is 9. The topological polar surface area (TPSA) is 144 Å². The summed E-state index contributed by atoms with van der Waals surface area (Å²) in [6, 6.07) is 28.0. The Morgan fingerprint density at radius 1 is 0.964 bits per heavy atom. The fourth-order valence-corrected chi connectivity index (χ4v) is 7.09. The van der Waals surface area contributed by atoms with Crippen molar-refractivity contribution in [2.24, 2.45) is 0 Å². The molecule has 9 rings (SSSR count). The number of amides is 1. The molecule has 1 atom stereocenters. The highest BCUT2D eigenvalue weighted by atomic mass is 19.3. The summed E-state index contributed by atoms with van der Waals surface area (Å²) in [6.07, 6.45) is 2.12. The smallest absolute Gasteiger partial charge is 0.266 e. The van der Waals surface area contributed by atoms with Gasteiger partial charge in [0, 0.05) is 23.6 Å². The SMILES string of the molecule is Nc1ncccc1-c1nc2ccc(-n3cc(C(F)F)cn3)nc2n1-c1ccc2c(c1)CC[C@@H]2NC(=O)c1ccc(OCc2ccccc2)c(C2OCCO2)c1. The van der Waals surface area contributed by atoms with E-state index in [1.165, 1.54) is 10.9 Å². The van der Waals surface area contributed by atoms with E-state index in [0.717, 1.165) is 35.0 Å². The van der Waals surface area contributed by atoms with E-state index < -0.39 is 12.7 Å². The number of carbonyl (C=O) groups is 1. The predicted octanol–water partition coefficient (Wildman–Crippen LogP) is 7.23. The van der Waals surface area contributed by atoms with Crippen molar-refractivity contribution in [2.75, 3.05) is 18.9 Å². The first kappa shape index (κ1) is 34.3. The van der Waals surface area contributed by atoms with Crippen LogP contribution in [-0.4, -0.2) is 48.4 Å². The zero-order valence-corrected chi connectivity index (χ0v) is 29.3. The highest BCUT2D eigenvalue weighted by Gasteiger charge is 2.28. The minimum atomic E-state index is -2.66. The van der Waals surface area contributed by atoms with E-state index in [1.54, 1.807) is 42.6 Å². The molecule has 12 nitrogen and oxygen atoms in total. The van der Waals surface area contributed by atoms with E-state index in [1.807, 2.05) is 53.1 Å². The summed E-state index contributed by atoms with van der Waals surface area (Å²) in [4.78, 5) is 27.8. The lowest BCUT2D eigenvalue weighted by Gasteiger charge is -2.19. The second-order valence-corrected chi connectivity index (χ2v) is 13.3. The number of hydrogen-bond donors (Lipinski definition) is 2. The Hall–Kier alpha value is -6.51. The largest absolute Gasteiger partial charge is 0.488 e. The van der Waals surface area contributed by atoms with Gasteiger partial charge < -0.3 is 25.3 Å². The molecule has 2 aliphatic rings. The minimum Gasteiger partial charge on any atom is -0.488 e. The van der Waals surface area contributed by atoms with Gasteiger partial charge in [0.15, 0.2) is 23.6 Å². The van der Waals surface area contributed by atoms with Gasteiger partial charge in [-0.1, -0.05) is 36.4 Å². The van der Waals surface area contributed by atoms with E-state index >= 15 is 0 Å². The summed E-state index contributed by atoms with van der Waals surface area (Å²) in [6.45, 7) is 1.27. The first-order valence-corrected chi connectivity index (χ1v) is 17.8. The van der Waals surface area contributed by atoms with Crippen LogP contribution in [0.3, 0.4) is 0 Å². The molecule has 55 heavy (non-hydrogen) atoms. The zero-order chi connectivity index (χ0) is 37.5. The monoisotopic (exact) mass is 740 g/mol. The molecule has 1 aliphatic heterocycles. The first-order chi connectivity index (χ1) is 26.9. The van der Waals surface area contributed by atoms with Crippen LogP contribution in [0.1, 0.15) is 63.4 Å². The maximum Gasteiger partial charge on any atom is 0.266 e. The fourth-order valence-electron chi connectivity index (χ4n) is 7.09. The van der Waals surface area contributed by atoms with Crippen molar-refractivity contribution >= 4 is 22.9 Å². The van der Waals surface area contributed by atoms with Gasteiger partial charge >= 0.3 is 0 Å². The zero-order valence-electron chi connectivity index (χ0n) is 29.3. The minimum absolute atomic E-state index is 0.207. The lowest BCUT2D eigenvalue weighted by molar-refractivity contribution is -0.0459. The molecule has 7 aromatic rings. The number of nitrogen functional groups attached to an aromatic ring is 1. The third-order valence-corrected chi connectivity index (χ3v) is 9.81. The number of ether oxygens (including phenoxy) is 3. The van der Waals surface area contributed by atoms with Crippen LogP contribution in [0.5, 0.6) is 5.75 Å². The molecule has 4 aromatic heterocycles. The molecule has 3 aromatic carbocycles. The van der Waals surface area contributed by atoms with Crippen LogP contribution in [0.2, 0.25) is 0 Å². The number of halogens is 2. The fraction of sp³-hybridized carbons (Fsp3) is 0.195. The van der Waals surface area contributed by atoms with Gasteiger partial charge in [-0.3, -0.25) is 9.36 Å². The van der Waals surface area contributed by atoms with E-state index in [9.17, 15) is 13.6 Å². The van der Waals surface area contributed by atoms with Crippen LogP contribution in [0.15, 0.2) is 110 Å². The summed E-state index contributed by atoms with van der Waals surface area (Å²) >= 11 is 0. The average molecular weight is 741 g/mol. The number of carbonyl (C=O) groups excluding carboxylic acids is 1. The number of imidazole rings is 1. The van der Waals surface area contributed by atoms with Crippen molar-refractivity contribution in [1.29, 1.82) is 0 Å². The number of anilines is 1. The number of nitrogens with two attached hydrogens (primary N) is 1. The second-order valence-electron chi connectivity index (χ2n) is 13.3. The van der Waals surface area contributed by atoms with Crippen molar-refractivity contribution in [3.05, 3.63) is 143 Å². The number of benzene rings is 3. The quantitative estimate of drug-likeness (QED) is 0.148. The maximum absolute atomic E-state index is 13.8. The number of pyridine rings is 2. The normalized spacial score (nSPS) is 15.5. The third-order valence-electron chi connectivity index (χ3n) is 9.81. The molecular formula is C41H34F2N8O4. The van der Waals surface area contributed by atoms with E-state index in [0.29, 0.717) is 77.3 Å². The molecule has 1 saturated heterocycles. The number of aryl methyl sites for hydroxylation is 1. The Morgan fingerprint density at radius 3 is 2.62 bits per heavy atom. The van der Waals surface area contributed by atoms with E-state index in [-0.39, 0.29) is 17.5 Å². The molecule has 3 N–H and O–H groups in total. The van der Waals surface area contributed by atoms with Crippen molar-refractivity contribution in [3.63, 3.8) is 0 Å². The van der Waals surface area contributed by atoms with Gasteiger partial charge in [-0.25, -0.2) is 28.4 Å². The van der Waals surface area contributed by atoms with Crippen LogP contribution >= 0.6 is 0 Å². The lowest BCUT2D eigenvalue weighted by atomic mass is 10.1. The van der Waals surface area contributed by atoms with Gasteiger partial charge in [0.2, 0.25) is 0 Å². The van der Waals surface area contributed by atoms with Crippen molar-refractivity contribution in [2.45, 2.75) is 38.2 Å². The molecule has 0 unspecified atom stereocenters. The predicted molar refractivity (Wildman–Crippen MR) is 199 cm³/mol. The Labute approximate surface area is 313 Å². The summed E-state index contributed by atoms with van der Waals surface area (Å²) in [7, 11) is 0. The molecule has 0 bridgehead atoms. The van der Waals surface area contributed by atoms with Crippen LogP contribution in [0.4, 0.5) is 14.6 Å². The summed E-state index contributed by atoms with van der Waals surface area (Å²) < 4.78 is 47.7. The number of nitrogens with one attached hydrogen (secondary N) is 1. The van der Waals surface area contributed by atoms with Gasteiger partial charge in [0.1, 0.15) is 23.7 Å². The maximum atomic E-state index is 13.8. The first-order valence-electron chi connectivity index (χ1n) is 17.8. The standard InChI is InChI=1S/C41H34F2N8O4/c42-36(43)27-21-46-50(22-27)35-15-13-33-39(49-35)51(38(47-33)30-7-4-16-45-37(30)44)28-10-11-29-25(19-28)8-12-32(29)48-40(52)26-9-14-34(31(20-26)41-53-17-18-54-41)55-23-24-5-2-1-3-6-24/h1-7,9-11,13-16,19-22,32,36,41H,8,12,17-18,23H2,(H2,44,45)(H,48,52)/t32-/m0/s1. The van der Waals surface area contributed by atoms with Crippen molar-refractivity contribution in [3.8, 4) is 28.6 Å². The van der Waals surface area contributed by atoms with Gasteiger partial charge in [-0.05, 0) is 84.1 Å². The molecule has 14 heteroatoms. The molecule has 5 heterocycles. The number of aromatic nitrogens is 6. The Morgan fingerprint density at radius 2 is 1.82 bits per heavy atom. The van der Waals surface area contributed by atoms with Crippen LogP contribution < -0.4 is 15.8 Å². The van der Waals surface area contributed by atoms with Crippen molar-refractivity contribution < 1.29 is 27.8 Å². The molecule has 276 valence electrons. The Kier molecular flexibility index (Phi) is 8.96. The number of fused-ring (bicyclic) bond motifs is 2. The van der Waals surface area contributed by atoms with Crippen molar-refractivity contribution in [1.82, 2.24) is 34.6 Å². The van der Waals surface area contributed by atoms with Crippen LogP contribution in [0.25, 0.3) is 34.1 Å². The van der Waals surface area contributed by atoms with Gasteiger partial charge in [0.25, 0.3) is 12.3 Å². The van der Waals surface area contributed by atoms with Gasteiger partial charge in [-0.15, -0.1) is 0 Å². The molecule has 0 spiro atoms. The highest BCUT2D eigenvalue weighted by molar-refractivity contribution is 5.95. The second kappa shape index (κ2) is 14.4. The van der Waals surface area contributed by atoms with E-state index in [2.05, 4.69) is 21.5 Å². The Bertz CT molecular complexity index is 2530. The summed E-state index contributed by atoms with van der Waals surface area (Å²) in [5.74, 6) is 1.52. The molecule has 1 aliphatic carbocycles. The molecule has 1 amide bonds. The Balaban J connectivity index is 1.02. The molecule has 0 saturated carbocycles. The molecular weight excluding hydrogens is 706 g/mol. The van der Waals surface area contributed by atoms with Crippen LogP contribution in [0, 0.1) is 0 Å².